The fraction of sp³-hybridized carbons (Fsp3) is 0.333. The average molecular weight is 119 g/mol. The second-order valence-corrected chi connectivity index (χ2v) is 1.28. The number of nitrogens with zero attached hydrogens (tertiary/aromatic N) is 2. The first-order valence-corrected chi connectivity index (χ1v) is 2.29. The molecule has 1 aromatic heterocycles. The number of hydrogen-bond donors (Lipinski definition) is 0. The number of aromatic nitrogens is 2. The van der Waals surface area contributed by atoms with Crippen LogP contribution in [0.15, 0.2) is 10.7 Å². The lowest BCUT2D eigenvalue weighted by molar-refractivity contribution is 0.371. The van der Waals surface area contributed by atoms with Gasteiger partial charge in [-0.05, 0) is 0 Å². The number of rotatable bonds is 1. The minimum atomic E-state index is 0.340. The zero-order valence-corrected chi connectivity index (χ0v) is 4.22. The molecule has 3 nitrogen and oxygen atoms in total. The molecule has 1 heterocycles. The third-order valence-electron chi connectivity index (χ3n) is 0.539. The van der Waals surface area contributed by atoms with Crippen molar-refractivity contribution in [2.75, 3.05) is 0 Å². The largest absolute Gasteiger partial charge is 0.341 e. The van der Waals surface area contributed by atoms with Gasteiger partial charge in [-0.1, -0.05) is 0 Å². The molecular weight excluding hydrogens is 115 g/mol. The Labute approximate surface area is 45.3 Å². The molecule has 0 spiro atoms. The van der Waals surface area contributed by atoms with Crippen molar-refractivity contribution < 1.29 is 4.52 Å². The molecular formula is C3H3ClN2O. The predicted molar refractivity (Wildman–Crippen MR) is 23.9 cm³/mol. The summed E-state index contributed by atoms with van der Waals surface area (Å²) < 4.78 is 4.49. The molecule has 0 unspecified atom stereocenters. The van der Waals surface area contributed by atoms with Gasteiger partial charge in [0.15, 0.2) is 5.76 Å². The van der Waals surface area contributed by atoms with Gasteiger partial charge in [-0.25, -0.2) is 0 Å². The highest BCUT2D eigenvalue weighted by atomic mass is 35.5. The zero-order chi connectivity index (χ0) is 5.11. The maximum absolute atomic E-state index is 5.29. The smallest absolute Gasteiger partial charge is 0.171 e. The summed E-state index contributed by atoms with van der Waals surface area (Å²) in [5.74, 6) is 0.939. The second-order valence-electron chi connectivity index (χ2n) is 1.02. The lowest BCUT2D eigenvalue weighted by Gasteiger charge is -1.72. The van der Waals surface area contributed by atoms with Gasteiger partial charge in [0.05, 0.1) is 12.1 Å². The van der Waals surface area contributed by atoms with Crippen molar-refractivity contribution in [3.8, 4) is 0 Å². The van der Waals surface area contributed by atoms with Gasteiger partial charge >= 0.3 is 0 Å². The van der Waals surface area contributed by atoms with Crippen LogP contribution in [0.1, 0.15) is 5.76 Å². The van der Waals surface area contributed by atoms with E-state index in [1.807, 2.05) is 0 Å². The molecule has 0 bridgehead atoms. The van der Waals surface area contributed by atoms with Crippen LogP contribution in [0.25, 0.3) is 0 Å². The van der Waals surface area contributed by atoms with Gasteiger partial charge in [0.2, 0.25) is 0 Å². The molecule has 0 N–H and O–H groups in total. The first-order valence-electron chi connectivity index (χ1n) is 1.75. The summed E-state index contributed by atoms with van der Waals surface area (Å²) in [5.41, 5.74) is 0. The van der Waals surface area contributed by atoms with Crippen LogP contribution in [-0.4, -0.2) is 10.4 Å². The molecule has 1 aromatic rings. The van der Waals surface area contributed by atoms with Gasteiger partial charge in [0.1, 0.15) is 0 Å². The van der Waals surface area contributed by atoms with Gasteiger partial charge in [0, 0.05) is 5.27 Å². The van der Waals surface area contributed by atoms with Crippen LogP contribution in [0.5, 0.6) is 0 Å². The molecule has 0 saturated carbocycles. The quantitative estimate of drug-likeness (QED) is 0.512. The summed E-state index contributed by atoms with van der Waals surface area (Å²) in [4.78, 5) is 0. The standard InChI is InChI=1S/C3H3ClN2O/c4-1-3-2-5-6-7-3/h2H,1H2. The monoisotopic (exact) mass is 118 g/mol. The minimum absolute atomic E-state index is 0.340. The SMILES string of the molecule is ClCc1cnno1. The lowest BCUT2D eigenvalue weighted by atomic mass is 10.6. The third kappa shape index (κ3) is 0.899. The van der Waals surface area contributed by atoms with E-state index in [1.165, 1.54) is 6.20 Å². The maximum Gasteiger partial charge on any atom is 0.171 e. The van der Waals surface area contributed by atoms with Crippen molar-refractivity contribution in [1.82, 2.24) is 10.4 Å². The van der Waals surface area contributed by atoms with Crippen LogP contribution in [-0.2, 0) is 5.88 Å². The Morgan fingerprint density at radius 2 is 2.71 bits per heavy atom. The molecule has 0 aliphatic rings. The van der Waals surface area contributed by atoms with Gasteiger partial charge in [-0.15, -0.1) is 16.7 Å². The predicted octanol–water partition coefficient (Wildman–Crippen LogP) is 0.808. The van der Waals surface area contributed by atoms with Crippen LogP contribution < -0.4 is 0 Å². The summed E-state index contributed by atoms with van der Waals surface area (Å²) in [6.45, 7) is 0. The van der Waals surface area contributed by atoms with Crippen molar-refractivity contribution in [2.45, 2.75) is 5.88 Å². The second kappa shape index (κ2) is 1.93. The van der Waals surface area contributed by atoms with Crippen LogP contribution >= 0.6 is 11.6 Å². The Bertz CT molecular complexity index is 127. The molecule has 7 heavy (non-hydrogen) atoms. The highest BCUT2D eigenvalue weighted by Crippen LogP contribution is 1.96. The molecule has 38 valence electrons. The third-order valence-corrected chi connectivity index (χ3v) is 0.802. The van der Waals surface area contributed by atoms with E-state index in [0.29, 0.717) is 11.6 Å². The van der Waals surface area contributed by atoms with E-state index in [1.54, 1.807) is 0 Å². The van der Waals surface area contributed by atoms with E-state index in [-0.39, 0.29) is 0 Å². The molecule has 0 fully saturated rings. The minimum Gasteiger partial charge on any atom is -0.341 e. The van der Waals surface area contributed by atoms with Crippen molar-refractivity contribution in [3.63, 3.8) is 0 Å². The molecule has 0 aromatic carbocycles. The Morgan fingerprint density at radius 1 is 1.86 bits per heavy atom. The summed E-state index contributed by atoms with van der Waals surface area (Å²) in [6, 6.07) is 0. The van der Waals surface area contributed by atoms with Gasteiger partial charge < -0.3 is 4.52 Å². The highest BCUT2D eigenvalue weighted by Gasteiger charge is 1.89. The van der Waals surface area contributed by atoms with Crippen LogP contribution in [0.3, 0.4) is 0 Å². The molecule has 0 aliphatic carbocycles. The highest BCUT2D eigenvalue weighted by molar-refractivity contribution is 6.16. The van der Waals surface area contributed by atoms with E-state index in [4.69, 9.17) is 11.6 Å². The number of alkyl halides is 1. The normalized spacial score (nSPS) is 9.29. The number of hydrogen-bond acceptors (Lipinski definition) is 3. The van der Waals surface area contributed by atoms with Gasteiger partial charge in [0.25, 0.3) is 0 Å². The number of halogens is 1. The molecule has 4 heteroatoms. The van der Waals surface area contributed by atoms with Crippen LogP contribution in [0, 0.1) is 0 Å². The summed E-state index contributed by atoms with van der Waals surface area (Å²) >= 11 is 5.29. The van der Waals surface area contributed by atoms with Crippen LogP contribution in [0.2, 0.25) is 0 Å². The van der Waals surface area contributed by atoms with Crippen molar-refractivity contribution >= 4 is 11.6 Å². The van der Waals surface area contributed by atoms with Gasteiger partial charge in [-0.3, -0.25) is 0 Å². The Kier molecular flexibility index (Phi) is 1.26. The Balaban J connectivity index is 2.76. The van der Waals surface area contributed by atoms with E-state index >= 15 is 0 Å². The summed E-state index contributed by atoms with van der Waals surface area (Å²) in [7, 11) is 0. The van der Waals surface area contributed by atoms with Crippen molar-refractivity contribution in [3.05, 3.63) is 12.0 Å². The molecule has 0 radical (unpaired) electrons. The van der Waals surface area contributed by atoms with Crippen LogP contribution in [0.4, 0.5) is 0 Å². The first kappa shape index (κ1) is 4.59. The zero-order valence-electron chi connectivity index (χ0n) is 3.47. The summed E-state index contributed by atoms with van der Waals surface area (Å²) in [6.07, 6.45) is 1.48. The Morgan fingerprint density at radius 3 is 3.00 bits per heavy atom. The fourth-order valence-corrected chi connectivity index (χ4v) is 0.364. The van der Waals surface area contributed by atoms with Crippen molar-refractivity contribution in [2.24, 2.45) is 0 Å². The molecule has 0 atom stereocenters. The van der Waals surface area contributed by atoms with Crippen molar-refractivity contribution in [1.29, 1.82) is 0 Å². The fourth-order valence-electron chi connectivity index (χ4n) is 0.246. The maximum atomic E-state index is 5.29. The van der Waals surface area contributed by atoms with Gasteiger partial charge in [-0.2, -0.15) is 0 Å². The molecule has 0 aliphatic heterocycles. The summed E-state index contributed by atoms with van der Waals surface area (Å²) in [5, 5.41) is 6.58. The molecule has 1 rings (SSSR count). The Hall–Kier alpha value is -0.570. The molecule has 0 amide bonds. The average Bonchev–Trinajstić information content (AvgIpc) is 2.14. The topological polar surface area (TPSA) is 38.9 Å². The molecule has 0 saturated heterocycles. The first-order chi connectivity index (χ1) is 3.43. The van der Waals surface area contributed by atoms with E-state index in [2.05, 4.69) is 14.9 Å². The van der Waals surface area contributed by atoms with E-state index in [0.717, 1.165) is 0 Å². The van der Waals surface area contributed by atoms with E-state index < -0.39 is 0 Å². The van der Waals surface area contributed by atoms with E-state index in [9.17, 15) is 0 Å². The lowest BCUT2D eigenvalue weighted by Crippen LogP contribution is -1.63.